The summed E-state index contributed by atoms with van der Waals surface area (Å²) in [5, 5.41) is 0. The van der Waals surface area contributed by atoms with Gasteiger partial charge in [-0.2, -0.15) is 0 Å². The Balaban J connectivity index is 2.35. The van der Waals surface area contributed by atoms with Gasteiger partial charge in [0.05, 0.1) is 12.7 Å². The van der Waals surface area contributed by atoms with Crippen LogP contribution in [0.2, 0.25) is 0 Å². The average molecular weight is 258 g/mol. The van der Waals surface area contributed by atoms with Crippen LogP contribution in [0.5, 0.6) is 0 Å². The van der Waals surface area contributed by atoms with E-state index in [4.69, 9.17) is 4.74 Å². The fraction of sp³-hybridized carbons (Fsp3) is 0.200. The van der Waals surface area contributed by atoms with E-state index < -0.39 is 11.9 Å². The highest BCUT2D eigenvalue weighted by Crippen LogP contribution is 2.27. The van der Waals surface area contributed by atoms with Crippen molar-refractivity contribution in [2.45, 2.75) is 13.3 Å². The van der Waals surface area contributed by atoms with Crippen LogP contribution < -0.4 is 0 Å². The van der Waals surface area contributed by atoms with Gasteiger partial charge in [0.15, 0.2) is 0 Å². The maximum Gasteiger partial charge on any atom is 0.373 e. The molecule has 0 unspecified atom stereocenters. The molecule has 0 amide bonds. The molecule has 1 aliphatic heterocycles. The van der Waals surface area contributed by atoms with Crippen LogP contribution in [0, 0.1) is 0 Å². The molecule has 0 saturated heterocycles. The van der Waals surface area contributed by atoms with E-state index in [2.05, 4.69) is 4.74 Å². The summed E-state index contributed by atoms with van der Waals surface area (Å²) in [6.45, 7) is 1.85. The number of carbonyl (C=O) groups excluding carboxylic acids is 2. The van der Waals surface area contributed by atoms with Crippen molar-refractivity contribution in [2.24, 2.45) is 0 Å². The van der Waals surface area contributed by atoms with Gasteiger partial charge in [0.25, 0.3) is 0 Å². The summed E-state index contributed by atoms with van der Waals surface area (Å²) in [6.07, 6.45) is 2.04. The highest BCUT2D eigenvalue weighted by atomic mass is 16.6. The molecule has 0 bridgehead atoms. The summed E-state index contributed by atoms with van der Waals surface area (Å²) < 4.78 is 9.66. The molecular formula is C15H14O4. The monoisotopic (exact) mass is 258 g/mol. The van der Waals surface area contributed by atoms with Crippen molar-refractivity contribution in [3.05, 3.63) is 53.3 Å². The summed E-state index contributed by atoms with van der Waals surface area (Å²) in [6, 6.07) is 9.25. The third kappa shape index (κ3) is 2.73. The third-order valence-electron chi connectivity index (χ3n) is 2.88. The van der Waals surface area contributed by atoms with Crippen LogP contribution in [0.25, 0.3) is 5.57 Å². The van der Waals surface area contributed by atoms with Crippen LogP contribution in [0.4, 0.5) is 0 Å². The lowest BCUT2D eigenvalue weighted by atomic mass is 9.99. The van der Waals surface area contributed by atoms with E-state index in [0.29, 0.717) is 12.0 Å². The summed E-state index contributed by atoms with van der Waals surface area (Å²) in [5.74, 6) is -1.23. The lowest BCUT2D eigenvalue weighted by Crippen LogP contribution is -2.13. The van der Waals surface area contributed by atoms with Crippen LogP contribution in [-0.2, 0) is 19.1 Å². The minimum atomic E-state index is -0.643. The van der Waals surface area contributed by atoms with Crippen molar-refractivity contribution in [1.82, 2.24) is 0 Å². The van der Waals surface area contributed by atoms with Crippen molar-refractivity contribution in [3.8, 4) is 0 Å². The van der Waals surface area contributed by atoms with Crippen molar-refractivity contribution < 1.29 is 19.1 Å². The molecule has 0 saturated carbocycles. The van der Waals surface area contributed by atoms with Gasteiger partial charge < -0.3 is 9.47 Å². The second-order valence-corrected chi connectivity index (χ2v) is 4.17. The maximum absolute atomic E-state index is 12.1. The summed E-state index contributed by atoms with van der Waals surface area (Å²) in [7, 11) is 1.25. The second kappa shape index (κ2) is 5.52. The number of cyclic esters (lactones) is 1. The molecule has 0 spiro atoms. The Morgan fingerprint density at radius 2 is 1.95 bits per heavy atom. The SMILES string of the molecule is COC(=O)C1=CCC(C)=C(c2ccccc2)C(=O)O1. The van der Waals surface area contributed by atoms with Crippen LogP contribution in [-0.4, -0.2) is 19.0 Å². The molecule has 1 heterocycles. The first kappa shape index (κ1) is 13.1. The van der Waals surface area contributed by atoms with E-state index in [-0.39, 0.29) is 5.76 Å². The lowest BCUT2D eigenvalue weighted by molar-refractivity contribution is -0.146. The van der Waals surface area contributed by atoms with E-state index in [1.54, 1.807) is 6.08 Å². The Morgan fingerprint density at radius 3 is 2.58 bits per heavy atom. The quantitative estimate of drug-likeness (QED) is 0.765. The Bertz CT molecular complexity index is 567. The molecule has 0 radical (unpaired) electrons. The second-order valence-electron chi connectivity index (χ2n) is 4.17. The van der Waals surface area contributed by atoms with E-state index >= 15 is 0 Å². The first-order valence-electron chi connectivity index (χ1n) is 5.89. The van der Waals surface area contributed by atoms with Crippen molar-refractivity contribution in [2.75, 3.05) is 7.11 Å². The van der Waals surface area contributed by atoms with Gasteiger partial charge in [-0.25, -0.2) is 9.59 Å². The predicted molar refractivity (Wildman–Crippen MR) is 69.8 cm³/mol. The van der Waals surface area contributed by atoms with E-state index in [1.807, 2.05) is 37.3 Å². The van der Waals surface area contributed by atoms with E-state index in [9.17, 15) is 9.59 Å². The molecule has 0 atom stereocenters. The van der Waals surface area contributed by atoms with Gasteiger partial charge in [0.1, 0.15) is 0 Å². The topological polar surface area (TPSA) is 52.6 Å². The summed E-state index contributed by atoms with van der Waals surface area (Å²) in [4.78, 5) is 23.6. The molecule has 0 N–H and O–H groups in total. The first-order chi connectivity index (χ1) is 9.13. The number of methoxy groups -OCH3 is 1. The minimum absolute atomic E-state index is 0.0576. The van der Waals surface area contributed by atoms with Gasteiger partial charge in [0, 0.05) is 0 Å². The molecule has 19 heavy (non-hydrogen) atoms. The molecular weight excluding hydrogens is 244 g/mol. The predicted octanol–water partition coefficient (Wildman–Crippen LogP) is 2.46. The summed E-state index contributed by atoms with van der Waals surface area (Å²) in [5.41, 5.74) is 2.13. The Labute approximate surface area is 111 Å². The molecule has 4 nitrogen and oxygen atoms in total. The van der Waals surface area contributed by atoms with Crippen LogP contribution in [0.3, 0.4) is 0 Å². The number of rotatable bonds is 2. The van der Waals surface area contributed by atoms with Crippen molar-refractivity contribution in [1.29, 1.82) is 0 Å². The van der Waals surface area contributed by atoms with E-state index in [1.165, 1.54) is 7.11 Å². The average Bonchev–Trinajstić information content (AvgIpc) is 2.57. The third-order valence-corrected chi connectivity index (χ3v) is 2.88. The fourth-order valence-corrected chi connectivity index (χ4v) is 1.91. The molecule has 98 valence electrons. The van der Waals surface area contributed by atoms with Gasteiger partial charge in [-0.1, -0.05) is 35.9 Å². The Morgan fingerprint density at radius 1 is 1.26 bits per heavy atom. The van der Waals surface area contributed by atoms with Crippen molar-refractivity contribution in [3.63, 3.8) is 0 Å². The largest absolute Gasteiger partial charge is 0.463 e. The fourth-order valence-electron chi connectivity index (χ4n) is 1.91. The Kier molecular flexibility index (Phi) is 3.80. The molecule has 1 aromatic rings. The zero-order valence-corrected chi connectivity index (χ0v) is 10.8. The van der Waals surface area contributed by atoms with Gasteiger partial charge >= 0.3 is 11.9 Å². The van der Waals surface area contributed by atoms with Crippen LogP contribution in [0.15, 0.2) is 47.7 Å². The van der Waals surface area contributed by atoms with Gasteiger partial charge in [0.2, 0.25) is 5.76 Å². The maximum atomic E-state index is 12.1. The zero-order valence-electron chi connectivity index (χ0n) is 10.8. The number of benzene rings is 1. The summed E-state index contributed by atoms with van der Waals surface area (Å²) >= 11 is 0. The zero-order chi connectivity index (χ0) is 13.8. The minimum Gasteiger partial charge on any atom is -0.463 e. The van der Waals surface area contributed by atoms with Gasteiger partial charge in [-0.15, -0.1) is 0 Å². The molecule has 2 rings (SSSR count). The van der Waals surface area contributed by atoms with Crippen LogP contribution >= 0.6 is 0 Å². The van der Waals surface area contributed by atoms with E-state index in [0.717, 1.165) is 11.1 Å². The first-order valence-corrected chi connectivity index (χ1v) is 5.89. The number of hydrogen-bond acceptors (Lipinski definition) is 4. The molecule has 1 aliphatic rings. The number of ether oxygens (including phenoxy) is 2. The molecule has 0 aromatic heterocycles. The molecule has 4 heteroatoms. The molecule has 1 aromatic carbocycles. The number of hydrogen-bond donors (Lipinski definition) is 0. The smallest absolute Gasteiger partial charge is 0.373 e. The normalized spacial score (nSPS) is 15.5. The number of carbonyl (C=O) groups is 2. The molecule has 0 aliphatic carbocycles. The highest BCUT2D eigenvalue weighted by Gasteiger charge is 2.24. The number of esters is 2. The van der Waals surface area contributed by atoms with Gasteiger partial charge in [-0.05, 0) is 25.0 Å². The Hall–Kier alpha value is -2.36. The van der Waals surface area contributed by atoms with Crippen LogP contribution in [0.1, 0.15) is 18.9 Å². The standard InChI is InChI=1S/C15H14O4/c1-10-8-9-12(14(16)18-2)19-15(17)13(10)11-6-4-3-5-7-11/h3-7,9H,8H2,1-2H3. The van der Waals surface area contributed by atoms with Crippen molar-refractivity contribution >= 4 is 17.5 Å². The molecule has 0 fully saturated rings. The number of allylic oxidation sites excluding steroid dienone is 2. The highest BCUT2D eigenvalue weighted by molar-refractivity contribution is 6.19. The lowest BCUT2D eigenvalue weighted by Gasteiger charge is -2.08. The van der Waals surface area contributed by atoms with Gasteiger partial charge in [-0.3, -0.25) is 0 Å².